The van der Waals surface area contributed by atoms with Crippen LogP contribution in [0, 0.1) is 6.92 Å². The van der Waals surface area contributed by atoms with Crippen molar-refractivity contribution in [3.05, 3.63) is 30.1 Å². The first-order valence-corrected chi connectivity index (χ1v) is 7.86. The van der Waals surface area contributed by atoms with E-state index in [-0.39, 0.29) is 24.8 Å². The second-order valence-corrected chi connectivity index (χ2v) is 5.91. The van der Waals surface area contributed by atoms with Gasteiger partial charge in [0, 0.05) is 13.1 Å². The zero-order chi connectivity index (χ0) is 14.2. The Kier molecular flexibility index (Phi) is 5.89. The molecule has 3 heterocycles. The Morgan fingerprint density at radius 3 is 2.39 bits per heavy atom. The van der Waals surface area contributed by atoms with Gasteiger partial charge in [0.05, 0.1) is 11.0 Å². The number of nitrogens with zero attached hydrogens (tertiary/aromatic N) is 5. The molecule has 126 valence electrons. The van der Waals surface area contributed by atoms with Crippen LogP contribution in [-0.4, -0.2) is 43.7 Å². The lowest BCUT2D eigenvalue weighted by molar-refractivity contribution is 0.222. The molecule has 0 saturated carbocycles. The minimum atomic E-state index is 0. The summed E-state index contributed by atoms with van der Waals surface area (Å²) >= 11 is 0. The molecule has 0 atom stereocenters. The maximum atomic E-state index is 4.61. The van der Waals surface area contributed by atoms with E-state index in [4.69, 9.17) is 0 Å². The number of para-hydroxylation sites is 2. The summed E-state index contributed by atoms with van der Waals surface area (Å²) in [6.45, 7) is 6.51. The molecule has 23 heavy (non-hydrogen) atoms. The zero-order valence-corrected chi connectivity index (χ0v) is 14.9. The van der Waals surface area contributed by atoms with Gasteiger partial charge < -0.3 is 9.47 Å². The van der Waals surface area contributed by atoms with Crippen LogP contribution < -0.4 is 0 Å². The highest BCUT2D eigenvalue weighted by atomic mass is 35.5. The van der Waals surface area contributed by atoms with Crippen molar-refractivity contribution in [2.45, 2.75) is 32.7 Å². The van der Waals surface area contributed by atoms with Gasteiger partial charge in [-0.2, -0.15) is 9.50 Å². The number of benzene rings is 1. The van der Waals surface area contributed by atoms with Crippen LogP contribution in [0.25, 0.3) is 16.8 Å². The first kappa shape index (κ1) is 18.0. The van der Waals surface area contributed by atoms with Crippen LogP contribution in [0.15, 0.2) is 24.3 Å². The Balaban J connectivity index is 0.000000960. The summed E-state index contributed by atoms with van der Waals surface area (Å²) < 4.78 is 4.28. The second kappa shape index (κ2) is 7.51. The van der Waals surface area contributed by atoms with Gasteiger partial charge in [0.2, 0.25) is 5.78 Å². The van der Waals surface area contributed by atoms with E-state index in [9.17, 15) is 0 Å². The van der Waals surface area contributed by atoms with E-state index in [1.165, 1.54) is 37.9 Å². The summed E-state index contributed by atoms with van der Waals surface area (Å²) in [6.07, 6.45) is 4.06. The molecule has 0 bridgehead atoms. The maximum Gasteiger partial charge on any atom is 0.233 e. The maximum absolute atomic E-state index is 4.61. The molecule has 1 aliphatic rings. The van der Waals surface area contributed by atoms with Crippen molar-refractivity contribution >= 4 is 41.6 Å². The van der Waals surface area contributed by atoms with Gasteiger partial charge in [-0.25, -0.2) is 0 Å². The Morgan fingerprint density at radius 1 is 0.957 bits per heavy atom. The number of likely N-dealkylation sites (tertiary alicyclic amines) is 1. The number of fused-ring (bicyclic) bond motifs is 3. The Bertz CT molecular complexity index is 773. The van der Waals surface area contributed by atoms with Crippen molar-refractivity contribution < 1.29 is 0 Å². The SMILES string of the molecule is Cc1nc2n(CCN3CCCCC3)c3ccccc3n2n1.Cl.Cl. The predicted octanol–water partition coefficient (Wildman–Crippen LogP) is 3.32. The Hall–Kier alpha value is -1.30. The van der Waals surface area contributed by atoms with Crippen molar-refractivity contribution in [1.82, 2.24) is 24.1 Å². The lowest BCUT2D eigenvalue weighted by Crippen LogP contribution is -2.32. The largest absolute Gasteiger partial charge is 0.307 e. The van der Waals surface area contributed by atoms with E-state index in [1.54, 1.807) is 0 Å². The van der Waals surface area contributed by atoms with Crippen LogP contribution in [-0.2, 0) is 6.54 Å². The summed E-state index contributed by atoms with van der Waals surface area (Å²) in [4.78, 5) is 7.18. The first-order valence-electron chi connectivity index (χ1n) is 7.86. The van der Waals surface area contributed by atoms with Crippen LogP contribution in [0.3, 0.4) is 0 Å². The summed E-state index contributed by atoms with van der Waals surface area (Å²) in [7, 11) is 0. The molecule has 0 radical (unpaired) electrons. The third-order valence-electron chi connectivity index (χ3n) is 4.43. The van der Waals surface area contributed by atoms with Gasteiger partial charge in [0.25, 0.3) is 0 Å². The zero-order valence-electron chi connectivity index (χ0n) is 13.3. The van der Waals surface area contributed by atoms with Crippen LogP contribution in [0.2, 0.25) is 0 Å². The van der Waals surface area contributed by atoms with E-state index >= 15 is 0 Å². The number of halogens is 2. The molecule has 0 aliphatic carbocycles. The highest BCUT2D eigenvalue weighted by Crippen LogP contribution is 2.20. The molecule has 0 unspecified atom stereocenters. The standard InChI is InChI=1S/C16H21N5.2ClH/c1-13-17-16-20(12-11-19-9-5-2-6-10-19)14-7-3-4-8-15(14)21(16)18-13;;/h3-4,7-8H,2,5-6,9-12H2,1H3;2*1H. The van der Waals surface area contributed by atoms with E-state index < -0.39 is 0 Å². The summed E-state index contributed by atoms with van der Waals surface area (Å²) in [5, 5.41) is 4.53. The first-order chi connectivity index (χ1) is 10.3. The topological polar surface area (TPSA) is 38.4 Å². The average Bonchev–Trinajstić information content (AvgIpc) is 3.02. The number of piperidine rings is 1. The highest BCUT2D eigenvalue weighted by Gasteiger charge is 2.15. The Morgan fingerprint density at radius 2 is 1.65 bits per heavy atom. The van der Waals surface area contributed by atoms with Gasteiger partial charge in [0.15, 0.2) is 0 Å². The molecule has 7 heteroatoms. The van der Waals surface area contributed by atoms with E-state index in [0.717, 1.165) is 30.2 Å². The monoisotopic (exact) mass is 355 g/mol. The smallest absolute Gasteiger partial charge is 0.233 e. The molecular formula is C16H23Cl2N5. The van der Waals surface area contributed by atoms with Gasteiger partial charge in [-0.15, -0.1) is 29.9 Å². The summed E-state index contributed by atoms with van der Waals surface area (Å²) in [5.74, 6) is 1.80. The quantitative estimate of drug-likeness (QED) is 0.723. The fourth-order valence-electron chi connectivity index (χ4n) is 3.36. The average molecular weight is 356 g/mol. The molecule has 1 saturated heterocycles. The van der Waals surface area contributed by atoms with Gasteiger partial charge in [0.1, 0.15) is 5.82 Å². The van der Waals surface area contributed by atoms with Crippen molar-refractivity contribution in [3.63, 3.8) is 0 Å². The minimum absolute atomic E-state index is 0. The molecule has 0 amide bonds. The minimum Gasteiger partial charge on any atom is -0.307 e. The number of rotatable bonds is 3. The van der Waals surface area contributed by atoms with Gasteiger partial charge >= 0.3 is 0 Å². The van der Waals surface area contributed by atoms with Gasteiger partial charge in [-0.05, 0) is 45.0 Å². The highest BCUT2D eigenvalue weighted by molar-refractivity contribution is 5.85. The van der Waals surface area contributed by atoms with Crippen LogP contribution in [0.5, 0.6) is 0 Å². The van der Waals surface area contributed by atoms with Gasteiger partial charge in [-0.1, -0.05) is 18.6 Å². The molecular weight excluding hydrogens is 333 g/mol. The summed E-state index contributed by atoms with van der Waals surface area (Å²) in [6, 6.07) is 8.44. The fraction of sp³-hybridized carbons (Fsp3) is 0.500. The number of aryl methyl sites for hydroxylation is 1. The third kappa shape index (κ3) is 3.32. The lowest BCUT2D eigenvalue weighted by Gasteiger charge is -2.26. The van der Waals surface area contributed by atoms with Crippen LogP contribution in [0.4, 0.5) is 0 Å². The van der Waals surface area contributed by atoms with Crippen molar-refractivity contribution in [2.75, 3.05) is 19.6 Å². The number of imidazole rings is 1. The molecule has 5 nitrogen and oxygen atoms in total. The molecule has 3 aromatic rings. The molecule has 4 rings (SSSR count). The molecule has 1 aliphatic heterocycles. The lowest BCUT2D eigenvalue weighted by atomic mass is 10.1. The molecule has 0 spiro atoms. The number of aromatic nitrogens is 4. The third-order valence-corrected chi connectivity index (χ3v) is 4.43. The molecule has 2 aromatic heterocycles. The van der Waals surface area contributed by atoms with E-state index in [0.29, 0.717) is 0 Å². The van der Waals surface area contributed by atoms with E-state index in [2.05, 4.69) is 43.8 Å². The number of hydrogen-bond acceptors (Lipinski definition) is 3. The van der Waals surface area contributed by atoms with Crippen molar-refractivity contribution in [1.29, 1.82) is 0 Å². The molecule has 0 N–H and O–H groups in total. The fourth-order valence-corrected chi connectivity index (χ4v) is 3.36. The molecule has 1 fully saturated rings. The number of hydrogen-bond donors (Lipinski definition) is 0. The Labute approximate surface area is 148 Å². The predicted molar refractivity (Wildman–Crippen MR) is 98.0 cm³/mol. The van der Waals surface area contributed by atoms with Gasteiger partial charge in [-0.3, -0.25) is 0 Å². The van der Waals surface area contributed by atoms with Crippen molar-refractivity contribution in [2.24, 2.45) is 0 Å². The van der Waals surface area contributed by atoms with Crippen LogP contribution >= 0.6 is 24.8 Å². The van der Waals surface area contributed by atoms with Crippen LogP contribution in [0.1, 0.15) is 25.1 Å². The normalized spacial score (nSPS) is 15.5. The van der Waals surface area contributed by atoms with Crippen molar-refractivity contribution in [3.8, 4) is 0 Å². The second-order valence-electron chi connectivity index (χ2n) is 5.91. The molecule has 1 aromatic carbocycles. The summed E-state index contributed by atoms with van der Waals surface area (Å²) in [5.41, 5.74) is 2.37. The van der Waals surface area contributed by atoms with E-state index in [1.807, 2.05) is 11.4 Å².